The largest absolute Gasteiger partial charge is 0.457 e. The van der Waals surface area contributed by atoms with Gasteiger partial charge in [-0.1, -0.05) is 6.07 Å². The standard InChI is InChI=1S/C16H18FNO/c1-10-4-11(2)12(3)16(5-10)19-15-7-13(9-18)6-14(17)8-15/h4-8H,9,18H2,1-3H3. The van der Waals surface area contributed by atoms with E-state index in [0.717, 1.165) is 28.0 Å². The van der Waals surface area contributed by atoms with Gasteiger partial charge in [-0.3, -0.25) is 0 Å². The molecule has 0 aliphatic rings. The van der Waals surface area contributed by atoms with Crippen molar-refractivity contribution in [2.75, 3.05) is 0 Å². The predicted molar refractivity (Wildman–Crippen MR) is 75.0 cm³/mol. The zero-order chi connectivity index (χ0) is 14.0. The van der Waals surface area contributed by atoms with Gasteiger partial charge in [-0.25, -0.2) is 4.39 Å². The smallest absolute Gasteiger partial charge is 0.130 e. The van der Waals surface area contributed by atoms with Crippen LogP contribution in [0.25, 0.3) is 0 Å². The van der Waals surface area contributed by atoms with Crippen LogP contribution >= 0.6 is 0 Å². The number of benzene rings is 2. The number of hydrogen-bond acceptors (Lipinski definition) is 2. The van der Waals surface area contributed by atoms with Gasteiger partial charge >= 0.3 is 0 Å². The van der Waals surface area contributed by atoms with Crippen molar-refractivity contribution in [3.05, 3.63) is 58.4 Å². The summed E-state index contributed by atoms with van der Waals surface area (Å²) in [7, 11) is 0. The van der Waals surface area contributed by atoms with Crippen molar-refractivity contribution in [3.63, 3.8) is 0 Å². The third-order valence-corrected chi connectivity index (χ3v) is 3.16. The molecule has 2 aromatic rings. The quantitative estimate of drug-likeness (QED) is 0.904. The first-order valence-electron chi connectivity index (χ1n) is 6.25. The maximum absolute atomic E-state index is 13.4. The highest BCUT2D eigenvalue weighted by Crippen LogP contribution is 2.29. The van der Waals surface area contributed by atoms with Gasteiger partial charge in [0.2, 0.25) is 0 Å². The highest BCUT2D eigenvalue weighted by molar-refractivity contribution is 5.44. The number of ether oxygens (including phenoxy) is 1. The summed E-state index contributed by atoms with van der Waals surface area (Å²) in [5.74, 6) is 0.902. The van der Waals surface area contributed by atoms with Crippen molar-refractivity contribution in [2.45, 2.75) is 27.3 Å². The predicted octanol–water partition coefficient (Wildman–Crippen LogP) is 4.00. The number of hydrogen-bond donors (Lipinski definition) is 1. The molecule has 0 fully saturated rings. The van der Waals surface area contributed by atoms with Crippen LogP contribution in [0.5, 0.6) is 11.5 Å². The van der Waals surface area contributed by atoms with Crippen LogP contribution < -0.4 is 10.5 Å². The molecule has 0 aromatic heterocycles. The first kappa shape index (κ1) is 13.6. The van der Waals surface area contributed by atoms with Crippen molar-refractivity contribution in [3.8, 4) is 11.5 Å². The topological polar surface area (TPSA) is 35.2 Å². The van der Waals surface area contributed by atoms with Gasteiger partial charge < -0.3 is 10.5 Å². The van der Waals surface area contributed by atoms with Crippen molar-refractivity contribution in [1.82, 2.24) is 0 Å². The van der Waals surface area contributed by atoms with Crippen LogP contribution in [0, 0.1) is 26.6 Å². The molecule has 0 atom stereocenters. The maximum atomic E-state index is 13.4. The molecule has 0 aliphatic heterocycles. The van der Waals surface area contributed by atoms with Gasteiger partial charge in [0.15, 0.2) is 0 Å². The lowest BCUT2D eigenvalue weighted by Crippen LogP contribution is -1.98. The Morgan fingerprint density at radius 3 is 2.47 bits per heavy atom. The van der Waals surface area contributed by atoms with Gasteiger partial charge in [0, 0.05) is 12.6 Å². The fourth-order valence-electron chi connectivity index (χ4n) is 2.03. The normalized spacial score (nSPS) is 10.6. The van der Waals surface area contributed by atoms with Gasteiger partial charge in [0.1, 0.15) is 17.3 Å². The molecular weight excluding hydrogens is 241 g/mol. The Kier molecular flexibility index (Phi) is 3.86. The zero-order valence-electron chi connectivity index (χ0n) is 11.5. The molecule has 2 rings (SSSR count). The monoisotopic (exact) mass is 259 g/mol. The Morgan fingerprint density at radius 2 is 1.79 bits per heavy atom. The molecule has 19 heavy (non-hydrogen) atoms. The van der Waals surface area contributed by atoms with Crippen LogP contribution in [-0.2, 0) is 6.54 Å². The van der Waals surface area contributed by atoms with E-state index < -0.39 is 0 Å². The highest BCUT2D eigenvalue weighted by Gasteiger charge is 2.07. The fraction of sp³-hybridized carbons (Fsp3) is 0.250. The molecular formula is C16H18FNO. The molecule has 0 spiro atoms. The summed E-state index contributed by atoms with van der Waals surface area (Å²) in [5, 5.41) is 0. The summed E-state index contributed by atoms with van der Waals surface area (Å²) >= 11 is 0. The second-order valence-corrected chi connectivity index (χ2v) is 4.81. The fourth-order valence-corrected chi connectivity index (χ4v) is 2.03. The highest BCUT2D eigenvalue weighted by atomic mass is 19.1. The third kappa shape index (κ3) is 3.12. The summed E-state index contributed by atoms with van der Waals surface area (Å²) in [6.07, 6.45) is 0. The van der Waals surface area contributed by atoms with Gasteiger partial charge in [0.05, 0.1) is 0 Å². The number of nitrogens with two attached hydrogens (primary N) is 1. The first-order valence-corrected chi connectivity index (χ1v) is 6.25. The Balaban J connectivity index is 2.38. The maximum Gasteiger partial charge on any atom is 0.130 e. The Labute approximate surface area is 113 Å². The van der Waals surface area contributed by atoms with E-state index in [1.54, 1.807) is 6.07 Å². The van der Waals surface area contributed by atoms with Crippen LogP contribution in [0.2, 0.25) is 0 Å². The van der Waals surface area contributed by atoms with E-state index in [-0.39, 0.29) is 5.82 Å². The molecule has 2 nitrogen and oxygen atoms in total. The second kappa shape index (κ2) is 5.41. The minimum absolute atomic E-state index is 0.292. The molecule has 2 N–H and O–H groups in total. The van der Waals surface area contributed by atoms with Gasteiger partial charge in [-0.2, -0.15) is 0 Å². The summed E-state index contributed by atoms with van der Waals surface area (Å²) in [4.78, 5) is 0. The van der Waals surface area contributed by atoms with Crippen LogP contribution in [0.1, 0.15) is 22.3 Å². The second-order valence-electron chi connectivity index (χ2n) is 4.81. The summed E-state index contributed by atoms with van der Waals surface area (Å²) in [5.41, 5.74) is 9.59. The zero-order valence-corrected chi connectivity index (χ0v) is 11.5. The van der Waals surface area contributed by atoms with Gasteiger partial charge in [0.25, 0.3) is 0 Å². The molecule has 0 unspecified atom stereocenters. The van der Waals surface area contributed by atoms with E-state index in [9.17, 15) is 4.39 Å². The Bertz CT molecular complexity index is 608. The molecule has 0 saturated heterocycles. The average molecular weight is 259 g/mol. The Hall–Kier alpha value is -1.87. The molecule has 100 valence electrons. The number of rotatable bonds is 3. The minimum atomic E-state index is -0.333. The van der Waals surface area contributed by atoms with Crippen LogP contribution in [0.3, 0.4) is 0 Å². The molecule has 0 bridgehead atoms. The van der Waals surface area contributed by atoms with E-state index in [1.165, 1.54) is 12.1 Å². The van der Waals surface area contributed by atoms with Crippen molar-refractivity contribution in [1.29, 1.82) is 0 Å². The molecule has 0 radical (unpaired) electrons. The Morgan fingerprint density at radius 1 is 1.05 bits per heavy atom. The van der Waals surface area contributed by atoms with E-state index >= 15 is 0 Å². The van der Waals surface area contributed by atoms with Crippen LogP contribution in [-0.4, -0.2) is 0 Å². The molecule has 0 heterocycles. The number of halogens is 1. The molecule has 0 amide bonds. The third-order valence-electron chi connectivity index (χ3n) is 3.16. The molecule has 0 saturated carbocycles. The van der Waals surface area contributed by atoms with Gasteiger partial charge in [-0.15, -0.1) is 0 Å². The first-order chi connectivity index (χ1) is 8.99. The summed E-state index contributed by atoms with van der Waals surface area (Å²) < 4.78 is 19.2. The van der Waals surface area contributed by atoms with E-state index in [0.29, 0.717) is 12.3 Å². The summed E-state index contributed by atoms with van der Waals surface area (Å²) in [6.45, 7) is 6.33. The minimum Gasteiger partial charge on any atom is -0.457 e. The SMILES string of the molecule is Cc1cc(C)c(C)c(Oc2cc(F)cc(CN)c2)c1. The van der Waals surface area contributed by atoms with Crippen LogP contribution in [0.4, 0.5) is 4.39 Å². The van der Waals surface area contributed by atoms with Gasteiger partial charge in [-0.05, 0) is 61.2 Å². The van der Waals surface area contributed by atoms with E-state index in [4.69, 9.17) is 10.5 Å². The van der Waals surface area contributed by atoms with Crippen LogP contribution in [0.15, 0.2) is 30.3 Å². The van der Waals surface area contributed by atoms with Crippen molar-refractivity contribution in [2.24, 2.45) is 5.73 Å². The lowest BCUT2D eigenvalue weighted by Gasteiger charge is -2.13. The molecule has 2 aromatic carbocycles. The number of aryl methyl sites for hydroxylation is 2. The molecule has 0 aliphatic carbocycles. The van der Waals surface area contributed by atoms with E-state index in [2.05, 4.69) is 6.07 Å². The lowest BCUT2D eigenvalue weighted by atomic mass is 10.1. The lowest BCUT2D eigenvalue weighted by molar-refractivity contribution is 0.471. The average Bonchev–Trinajstić information content (AvgIpc) is 2.34. The van der Waals surface area contributed by atoms with E-state index in [1.807, 2.05) is 26.8 Å². The van der Waals surface area contributed by atoms with Crippen molar-refractivity contribution >= 4 is 0 Å². The summed E-state index contributed by atoms with van der Waals surface area (Å²) in [6, 6.07) is 8.60. The van der Waals surface area contributed by atoms with Crippen molar-refractivity contribution < 1.29 is 9.13 Å². The molecule has 3 heteroatoms.